The van der Waals surface area contributed by atoms with Gasteiger partial charge in [-0.2, -0.15) is 0 Å². The van der Waals surface area contributed by atoms with Crippen molar-refractivity contribution in [3.05, 3.63) is 80.2 Å². The van der Waals surface area contributed by atoms with Gasteiger partial charge in [-0.3, -0.25) is 4.79 Å². The third-order valence-electron chi connectivity index (χ3n) is 3.31. The van der Waals surface area contributed by atoms with Crippen LogP contribution in [0.4, 0.5) is 10.1 Å². The van der Waals surface area contributed by atoms with E-state index in [0.717, 1.165) is 5.56 Å². The molecule has 25 heavy (non-hydrogen) atoms. The lowest BCUT2D eigenvalue weighted by Gasteiger charge is -2.07. The molecule has 0 aliphatic rings. The average Bonchev–Trinajstić information content (AvgIpc) is 3.06. The predicted molar refractivity (Wildman–Crippen MR) is 99.5 cm³/mol. The maximum Gasteiger partial charge on any atom is 0.265 e. The molecule has 1 amide bonds. The number of nitrogens with one attached hydrogen (secondary N) is 1. The molecule has 0 aliphatic heterocycles. The van der Waals surface area contributed by atoms with E-state index in [-0.39, 0.29) is 18.3 Å². The highest BCUT2D eigenvalue weighted by Crippen LogP contribution is 2.30. The minimum Gasteiger partial charge on any atom is -0.486 e. The van der Waals surface area contributed by atoms with Crippen molar-refractivity contribution in [3.8, 4) is 5.75 Å². The lowest BCUT2D eigenvalue weighted by Crippen LogP contribution is -2.11. The molecule has 3 aromatic rings. The van der Waals surface area contributed by atoms with Crippen LogP contribution in [-0.2, 0) is 6.61 Å². The van der Waals surface area contributed by atoms with Gasteiger partial charge in [0.2, 0.25) is 0 Å². The number of amides is 1. The SMILES string of the molecule is O=C(Nc1c(Cl)cccc1Cl)c1cc(COc2ccccc2F)cs1. The average molecular weight is 396 g/mol. The summed E-state index contributed by atoms with van der Waals surface area (Å²) in [6, 6.07) is 12.8. The summed E-state index contributed by atoms with van der Waals surface area (Å²) in [5, 5.41) is 5.20. The molecule has 0 radical (unpaired) electrons. The molecule has 1 N–H and O–H groups in total. The van der Waals surface area contributed by atoms with E-state index in [1.54, 1.807) is 47.8 Å². The normalized spacial score (nSPS) is 10.5. The molecular formula is C18H12Cl2FNO2S. The van der Waals surface area contributed by atoms with Crippen molar-refractivity contribution in [2.24, 2.45) is 0 Å². The first kappa shape index (κ1) is 17.7. The van der Waals surface area contributed by atoms with Crippen LogP contribution in [-0.4, -0.2) is 5.91 Å². The number of carbonyl (C=O) groups is 1. The van der Waals surface area contributed by atoms with Gasteiger partial charge in [0.15, 0.2) is 11.6 Å². The fraction of sp³-hybridized carbons (Fsp3) is 0.0556. The Labute approximate surface area is 158 Å². The molecule has 0 bridgehead atoms. The van der Waals surface area contributed by atoms with Gasteiger partial charge < -0.3 is 10.1 Å². The first-order valence-electron chi connectivity index (χ1n) is 7.24. The number of hydrogen-bond acceptors (Lipinski definition) is 3. The summed E-state index contributed by atoms with van der Waals surface area (Å²) in [5.74, 6) is -0.580. The Balaban J connectivity index is 1.67. The van der Waals surface area contributed by atoms with Gasteiger partial charge in [0.25, 0.3) is 5.91 Å². The Morgan fingerprint density at radius 1 is 1.12 bits per heavy atom. The Kier molecular flexibility index (Phi) is 5.58. The van der Waals surface area contributed by atoms with Gasteiger partial charge in [0, 0.05) is 5.56 Å². The van der Waals surface area contributed by atoms with Crippen LogP contribution in [0.3, 0.4) is 0 Å². The second kappa shape index (κ2) is 7.87. The Morgan fingerprint density at radius 2 is 1.84 bits per heavy atom. The molecule has 128 valence electrons. The van der Waals surface area contributed by atoms with Gasteiger partial charge in [-0.1, -0.05) is 41.4 Å². The zero-order valence-electron chi connectivity index (χ0n) is 12.8. The van der Waals surface area contributed by atoms with E-state index in [1.165, 1.54) is 17.4 Å². The second-order valence-electron chi connectivity index (χ2n) is 5.09. The van der Waals surface area contributed by atoms with Crippen LogP contribution in [0.25, 0.3) is 0 Å². The van der Waals surface area contributed by atoms with Gasteiger partial charge in [0.1, 0.15) is 6.61 Å². The Hall–Kier alpha value is -2.08. The zero-order chi connectivity index (χ0) is 17.8. The molecule has 7 heteroatoms. The van der Waals surface area contributed by atoms with Crippen molar-refractivity contribution in [1.82, 2.24) is 0 Å². The maximum absolute atomic E-state index is 13.5. The van der Waals surface area contributed by atoms with Crippen molar-refractivity contribution in [2.45, 2.75) is 6.61 Å². The van der Waals surface area contributed by atoms with Gasteiger partial charge >= 0.3 is 0 Å². The number of ether oxygens (including phenoxy) is 1. The van der Waals surface area contributed by atoms with Gasteiger partial charge in [0.05, 0.1) is 20.6 Å². The third kappa shape index (κ3) is 4.31. The van der Waals surface area contributed by atoms with E-state index in [1.807, 2.05) is 0 Å². The molecule has 3 rings (SSSR count). The molecule has 3 nitrogen and oxygen atoms in total. The summed E-state index contributed by atoms with van der Waals surface area (Å²) in [6.45, 7) is 0.164. The number of anilines is 1. The number of hydrogen-bond donors (Lipinski definition) is 1. The summed E-state index contributed by atoms with van der Waals surface area (Å²) >= 11 is 13.4. The summed E-state index contributed by atoms with van der Waals surface area (Å²) in [5.41, 5.74) is 1.14. The fourth-order valence-electron chi connectivity index (χ4n) is 2.09. The van der Waals surface area contributed by atoms with Gasteiger partial charge in [-0.05, 0) is 35.7 Å². The van der Waals surface area contributed by atoms with Crippen LogP contribution in [0.1, 0.15) is 15.2 Å². The van der Waals surface area contributed by atoms with Gasteiger partial charge in [-0.15, -0.1) is 11.3 Å². The molecule has 0 aliphatic carbocycles. The lowest BCUT2D eigenvalue weighted by atomic mass is 10.3. The molecule has 0 spiro atoms. The van der Waals surface area contributed by atoms with E-state index < -0.39 is 5.82 Å². The smallest absolute Gasteiger partial charge is 0.265 e. The quantitative estimate of drug-likeness (QED) is 0.572. The molecule has 0 saturated heterocycles. The topological polar surface area (TPSA) is 38.3 Å². The minimum absolute atomic E-state index is 0.164. The third-order valence-corrected chi connectivity index (χ3v) is 4.92. The number of benzene rings is 2. The lowest BCUT2D eigenvalue weighted by molar-refractivity contribution is 0.103. The summed E-state index contributed by atoms with van der Waals surface area (Å²) in [7, 11) is 0. The number of rotatable bonds is 5. The minimum atomic E-state index is -0.427. The molecule has 0 fully saturated rings. The van der Waals surface area contributed by atoms with Crippen LogP contribution >= 0.6 is 34.5 Å². The van der Waals surface area contributed by atoms with Gasteiger partial charge in [-0.25, -0.2) is 4.39 Å². The fourth-order valence-corrected chi connectivity index (χ4v) is 3.37. The van der Waals surface area contributed by atoms with Crippen LogP contribution < -0.4 is 10.1 Å². The number of carbonyl (C=O) groups excluding carboxylic acids is 1. The van der Waals surface area contributed by atoms with Crippen LogP contribution in [0.15, 0.2) is 53.9 Å². The second-order valence-corrected chi connectivity index (χ2v) is 6.81. The van der Waals surface area contributed by atoms with Crippen LogP contribution in [0, 0.1) is 5.82 Å². The van der Waals surface area contributed by atoms with Crippen molar-refractivity contribution in [1.29, 1.82) is 0 Å². The summed E-state index contributed by atoms with van der Waals surface area (Å²) in [6.07, 6.45) is 0. The van der Waals surface area contributed by atoms with Crippen molar-refractivity contribution >= 4 is 46.1 Å². The van der Waals surface area contributed by atoms with E-state index >= 15 is 0 Å². The van der Waals surface area contributed by atoms with E-state index in [9.17, 15) is 9.18 Å². The van der Waals surface area contributed by atoms with Crippen LogP contribution in [0.5, 0.6) is 5.75 Å². The Morgan fingerprint density at radius 3 is 2.56 bits per heavy atom. The maximum atomic E-state index is 13.5. The molecule has 0 unspecified atom stereocenters. The highest BCUT2D eigenvalue weighted by atomic mass is 35.5. The number of thiophene rings is 1. The van der Waals surface area contributed by atoms with Crippen molar-refractivity contribution < 1.29 is 13.9 Å². The monoisotopic (exact) mass is 395 g/mol. The molecule has 1 heterocycles. The Bertz CT molecular complexity index is 893. The molecule has 2 aromatic carbocycles. The standard InChI is InChI=1S/C18H12Cl2FNO2S/c19-12-4-3-5-13(20)17(12)22-18(23)16-8-11(10-25-16)9-24-15-7-2-1-6-14(15)21/h1-8,10H,9H2,(H,22,23). The largest absolute Gasteiger partial charge is 0.486 e. The van der Waals surface area contributed by atoms with Crippen LogP contribution in [0.2, 0.25) is 10.0 Å². The first-order chi connectivity index (χ1) is 12.0. The first-order valence-corrected chi connectivity index (χ1v) is 8.88. The van der Waals surface area contributed by atoms with E-state index in [4.69, 9.17) is 27.9 Å². The highest BCUT2D eigenvalue weighted by Gasteiger charge is 2.14. The van der Waals surface area contributed by atoms with E-state index in [2.05, 4.69) is 5.32 Å². The molecular weight excluding hydrogens is 384 g/mol. The van der Waals surface area contributed by atoms with Crippen molar-refractivity contribution in [3.63, 3.8) is 0 Å². The highest BCUT2D eigenvalue weighted by molar-refractivity contribution is 7.12. The molecule has 0 saturated carbocycles. The zero-order valence-corrected chi connectivity index (χ0v) is 15.1. The number of para-hydroxylation sites is 2. The van der Waals surface area contributed by atoms with E-state index in [0.29, 0.717) is 20.6 Å². The number of halogens is 3. The summed E-state index contributed by atoms with van der Waals surface area (Å²) in [4.78, 5) is 12.8. The van der Waals surface area contributed by atoms with Crippen molar-refractivity contribution in [2.75, 3.05) is 5.32 Å². The predicted octanol–water partition coefficient (Wildman–Crippen LogP) is 6.03. The molecule has 0 atom stereocenters. The molecule has 1 aromatic heterocycles. The summed E-state index contributed by atoms with van der Waals surface area (Å²) < 4.78 is 19.0.